The highest BCUT2D eigenvalue weighted by Gasteiger charge is 2.35. The minimum Gasteiger partial charge on any atom is -0.373 e. The number of rotatable bonds is 4. The minimum atomic E-state index is -3.26. The summed E-state index contributed by atoms with van der Waals surface area (Å²) in [7, 11) is -3.26. The van der Waals surface area contributed by atoms with Gasteiger partial charge in [-0.2, -0.15) is 4.31 Å². The maximum Gasteiger partial charge on any atom is 0.218 e. The Bertz CT molecular complexity index is 304. The normalized spacial score (nSPS) is 30.2. The molecule has 96 valence electrons. The number of hydrogen-bond acceptors (Lipinski definition) is 4. The van der Waals surface area contributed by atoms with Crippen LogP contribution in [0, 0.1) is 0 Å². The van der Waals surface area contributed by atoms with E-state index in [9.17, 15) is 8.42 Å². The van der Waals surface area contributed by atoms with Crippen molar-refractivity contribution in [1.29, 1.82) is 0 Å². The Kier molecular flexibility index (Phi) is 4.73. The third-order valence-corrected chi connectivity index (χ3v) is 5.27. The van der Waals surface area contributed by atoms with Gasteiger partial charge in [0.25, 0.3) is 0 Å². The molecule has 2 N–H and O–H groups in total. The predicted molar refractivity (Wildman–Crippen MR) is 63.6 cm³/mol. The average molecular weight is 250 g/mol. The summed E-state index contributed by atoms with van der Waals surface area (Å²) in [5, 5.41) is -0.468. The third-order valence-electron chi connectivity index (χ3n) is 2.89. The summed E-state index contributed by atoms with van der Waals surface area (Å²) in [6.45, 7) is 6.68. The van der Waals surface area contributed by atoms with Crippen LogP contribution in [0.3, 0.4) is 0 Å². The van der Waals surface area contributed by atoms with E-state index in [0.29, 0.717) is 19.5 Å². The standard InChI is InChI=1S/C10H22N2O3S/c1-4-10(5-11)16(13,14)12-6-8(2)15-9(3)7-12/h8-10H,4-7,11H2,1-3H3/t8-,9+,10?. The van der Waals surface area contributed by atoms with E-state index in [0.717, 1.165) is 0 Å². The van der Waals surface area contributed by atoms with Crippen LogP contribution in [0.1, 0.15) is 27.2 Å². The van der Waals surface area contributed by atoms with Gasteiger partial charge in [0.2, 0.25) is 10.0 Å². The second-order valence-electron chi connectivity index (χ2n) is 4.39. The maximum atomic E-state index is 12.2. The molecule has 1 fully saturated rings. The molecule has 0 spiro atoms. The van der Waals surface area contributed by atoms with Crippen LogP contribution in [0.4, 0.5) is 0 Å². The van der Waals surface area contributed by atoms with Crippen molar-refractivity contribution in [2.45, 2.75) is 44.6 Å². The molecule has 5 nitrogen and oxygen atoms in total. The highest BCUT2D eigenvalue weighted by molar-refractivity contribution is 7.89. The van der Waals surface area contributed by atoms with E-state index in [2.05, 4.69) is 0 Å². The Balaban J connectivity index is 2.82. The van der Waals surface area contributed by atoms with Gasteiger partial charge in [0.1, 0.15) is 0 Å². The SMILES string of the molecule is CCC(CN)S(=O)(=O)N1C[C@@H](C)O[C@@H](C)C1. The minimum absolute atomic E-state index is 0.0474. The molecule has 16 heavy (non-hydrogen) atoms. The van der Waals surface area contributed by atoms with Crippen molar-refractivity contribution >= 4 is 10.0 Å². The molecule has 1 rings (SSSR count). The second kappa shape index (κ2) is 5.44. The molecule has 1 unspecified atom stereocenters. The highest BCUT2D eigenvalue weighted by Crippen LogP contribution is 2.18. The fourth-order valence-corrected chi connectivity index (χ4v) is 3.97. The number of ether oxygens (including phenoxy) is 1. The molecule has 0 bridgehead atoms. The molecule has 0 aromatic heterocycles. The fraction of sp³-hybridized carbons (Fsp3) is 1.00. The van der Waals surface area contributed by atoms with E-state index >= 15 is 0 Å². The molecule has 0 radical (unpaired) electrons. The van der Waals surface area contributed by atoms with Gasteiger partial charge >= 0.3 is 0 Å². The van der Waals surface area contributed by atoms with Crippen LogP contribution in [0.2, 0.25) is 0 Å². The lowest BCUT2D eigenvalue weighted by Gasteiger charge is -2.36. The summed E-state index contributed by atoms with van der Waals surface area (Å²) >= 11 is 0. The summed E-state index contributed by atoms with van der Waals surface area (Å²) in [6, 6.07) is 0. The van der Waals surface area contributed by atoms with Gasteiger partial charge in [-0.1, -0.05) is 6.92 Å². The molecule has 6 heteroatoms. The van der Waals surface area contributed by atoms with E-state index in [4.69, 9.17) is 10.5 Å². The number of nitrogens with zero attached hydrogens (tertiary/aromatic N) is 1. The van der Waals surface area contributed by atoms with E-state index in [1.54, 1.807) is 0 Å². The molecule has 1 saturated heterocycles. The molecule has 3 atom stereocenters. The molecule has 0 amide bonds. The van der Waals surface area contributed by atoms with Gasteiger partial charge in [0.05, 0.1) is 17.5 Å². The average Bonchev–Trinajstić information content (AvgIpc) is 2.17. The molecular formula is C10H22N2O3S. The quantitative estimate of drug-likeness (QED) is 0.771. The number of sulfonamides is 1. The van der Waals surface area contributed by atoms with Crippen LogP contribution in [0.5, 0.6) is 0 Å². The van der Waals surface area contributed by atoms with Crippen molar-refractivity contribution in [2.75, 3.05) is 19.6 Å². The van der Waals surface area contributed by atoms with Crippen LogP contribution in [0.25, 0.3) is 0 Å². The van der Waals surface area contributed by atoms with Crippen LogP contribution < -0.4 is 5.73 Å². The molecule has 0 saturated carbocycles. The largest absolute Gasteiger partial charge is 0.373 e. The predicted octanol–water partition coefficient (Wildman–Crippen LogP) is 0.163. The number of hydrogen-bond donors (Lipinski definition) is 1. The van der Waals surface area contributed by atoms with Crippen molar-refractivity contribution in [3.05, 3.63) is 0 Å². The topological polar surface area (TPSA) is 72.6 Å². The van der Waals surface area contributed by atoms with Gasteiger partial charge in [0.15, 0.2) is 0 Å². The lowest BCUT2D eigenvalue weighted by Crippen LogP contribution is -2.52. The molecule has 1 aliphatic rings. The first kappa shape index (κ1) is 13.9. The molecule has 0 aromatic rings. The van der Waals surface area contributed by atoms with E-state index in [1.807, 2.05) is 20.8 Å². The fourth-order valence-electron chi connectivity index (χ4n) is 2.05. The summed E-state index contributed by atoms with van der Waals surface area (Å²) in [5.74, 6) is 0. The van der Waals surface area contributed by atoms with Gasteiger partial charge in [-0.3, -0.25) is 0 Å². The molecule has 0 aromatic carbocycles. The first-order valence-corrected chi connectivity index (χ1v) is 7.26. The van der Waals surface area contributed by atoms with E-state index in [-0.39, 0.29) is 18.8 Å². The van der Waals surface area contributed by atoms with Gasteiger partial charge < -0.3 is 10.5 Å². The van der Waals surface area contributed by atoms with Crippen molar-refractivity contribution < 1.29 is 13.2 Å². The van der Waals surface area contributed by atoms with Crippen LogP contribution in [-0.4, -0.2) is 49.8 Å². The summed E-state index contributed by atoms with van der Waals surface area (Å²) < 4.78 is 31.5. The van der Waals surface area contributed by atoms with E-state index in [1.165, 1.54) is 4.31 Å². The van der Waals surface area contributed by atoms with Gasteiger partial charge in [-0.15, -0.1) is 0 Å². The van der Waals surface area contributed by atoms with Crippen molar-refractivity contribution in [1.82, 2.24) is 4.31 Å². The monoisotopic (exact) mass is 250 g/mol. The Labute approximate surface area is 98.0 Å². The summed E-state index contributed by atoms with van der Waals surface area (Å²) in [5.41, 5.74) is 5.51. The van der Waals surface area contributed by atoms with Crippen molar-refractivity contribution in [3.63, 3.8) is 0 Å². The Morgan fingerprint density at radius 1 is 1.38 bits per heavy atom. The van der Waals surface area contributed by atoms with Gasteiger partial charge in [-0.25, -0.2) is 8.42 Å². The summed E-state index contributed by atoms with van der Waals surface area (Å²) in [4.78, 5) is 0. The molecule has 1 aliphatic heterocycles. The van der Waals surface area contributed by atoms with Crippen molar-refractivity contribution in [2.24, 2.45) is 5.73 Å². The van der Waals surface area contributed by atoms with Gasteiger partial charge in [-0.05, 0) is 20.3 Å². The Morgan fingerprint density at radius 2 is 1.88 bits per heavy atom. The molecule has 0 aliphatic carbocycles. The first-order valence-electron chi connectivity index (χ1n) is 5.76. The van der Waals surface area contributed by atoms with Crippen molar-refractivity contribution in [3.8, 4) is 0 Å². The zero-order valence-electron chi connectivity index (χ0n) is 10.2. The zero-order valence-corrected chi connectivity index (χ0v) is 11.0. The zero-order chi connectivity index (χ0) is 12.3. The van der Waals surface area contributed by atoms with Crippen LogP contribution in [0.15, 0.2) is 0 Å². The van der Waals surface area contributed by atoms with E-state index < -0.39 is 15.3 Å². The Hall–Kier alpha value is -0.170. The number of morpholine rings is 1. The lowest BCUT2D eigenvalue weighted by molar-refractivity contribution is -0.0443. The smallest absolute Gasteiger partial charge is 0.218 e. The molecule has 1 heterocycles. The third kappa shape index (κ3) is 2.94. The van der Waals surface area contributed by atoms with Crippen LogP contribution in [-0.2, 0) is 14.8 Å². The first-order chi connectivity index (χ1) is 7.41. The van der Waals surface area contributed by atoms with Crippen LogP contribution >= 0.6 is 0 Å². The maximum absolute atomic E-state index is 12.2. The molecular weight excluding hydrogens is 228 g/mol. The second-order valence-corrected chi connectivity index (χ2v) is 6.60. The van der Waals surface area contributed by atoms with Gasteiger partial charge in [0, 0.05) is 19.6 Å². The Morgan fingerprint density at radius 3 is 2.25 bits per heavy atom. The number of nitrogens with two attached hydrogens (primary N) is 1. The lowest BCUT2D eigenvalue weighted by atomic mass is 10.3. The highest BCUT2D eigenvalue weighted by atomic mass is 32.2. The summed E-state index contributed by atoms with van der Waals surface area (Å²) in [6.07, 6.45) is 0.460.